The van der Waals surface area contributed by atoms with Crippen molar-refractivity contribution < 1.29 is 27.4 Å². The molecule has 1 unspecified atom stereocenters. The molecule has 12 heteroatoms. The van der Waals surface area contributed by atoms with Gasteiger partial charge in [-0.1, -0.05) is 6.92 Å². The van der Waals surface area contributed by atoms with Crippen LogP contribution in [0.15, 0.2) is 30.5 Å². The van der Waals surface area contributed by atoms with Crippen LogP contribution < -0.4 is 15.4 Å². The molecule has 5 rings (SSSR count). The summed E-state index contributed by atoms with van der Waals surface area (Å²) in [6, 6.07) is 6.69. The number of benzene rings is 1. The molecule has 2 atom stereocenters. The Bertz CT molecular complexity index is 1370. The lowest BCUT2D eigenvalue weighted by molar-refractivity contribution is -0.136. The van der Waals surface area contributed by atoms with Gasteiger partial charge in [-0.2, -0.15) is 13.2 Å². The van der Waals surface area contributed by atoms with E-state index in [1.54, 1.807) is 24.3 Å². The van der Waals surface area contributed by atoms with Crippen LogP contribution >= 0.6 is 0 Å². The molecule has 3 aromatic rings. The lowest BCUT2D eigenvalue weighted by Crippen LogP contribution is -2.56. The number of nitrogens with zero attached hydrogens (tertiary/aromatic N) is 3. The monoisotopic (exact) mass is 574 g/mol. The Labute approximate surface area is 237 Å². The third kappa shape index (κ3) is 6.23. The number of hydrogen-bond donors (Lipinski definition) is 3. The molecule has 0 aliphatic carbocycles. The molecule has 2 fully saturated rings. The Kier molecular flexibility index (Phi) is 8.60. The summed E-state index contributed by atoms with van der Waals surface area (Å²) < 4.78 is 52.3. The number of methoxy groups -OCH3 is 1. The Hall–Kier alpha value is -3.51. The average Bonchev–Trinajstić information content (AvgIpc) is 3.42. The molecule has 2 aliphatic heterocycles. The highest BCUT2D eigenvalue weighted by molar-refractivity contribution is 5.97. The van der Waals surface area contributed by atoms with E-state index in [9.17, 15) is 18.0 Å². The van der Waals surface area contributed by atoms with E-state index >= 15 is 0 Å². The fourth-order valence-electron chi connectivity index (χ4n) is 5.54. The van der Waals surface area contributed by atoms with Crippen LogP contribution in [0.5, 0.6) is 5.75 Å². The van der Waals surface area contributed by atoms with Crippen molar-refractivity contribution in [2.45, 2.75) is 57.9 Å². The van der Waals surface area contributed by atoms with E-state index in [1.807, 2.05) is 18.7 Å². The second-order valence-electron chi connectivity index (χ2n) is 10.6. The molecule has 2 aromatic heterocycles. The number of hydrogen-bond acceptors (Lipinski definition) is 7. The zero-order valence-corrected chi connectivity index (χ0v) is 23.6. The summed E-state index contributed by atoms with van der Waals surface area (Å²) in [5, 5.41) is 6.36. The number of carbonyl (C=O) groups is 1. The van der Waals surface area contributed by atoms with Gasteiger partial charge in [0.05, 0.1) is 43.1 Å². The predicted octanol–water partition coefficient (Wildman–Crippen LogP) is 5.83. The first kappa shape index (κ1) is 29.0. The molecule has 0 spiro atoms. The minimum Gasteiger partial charge on any atom is -0.495 e. The van der Waals surface area contributed by atoms with Crippen LogP contribution in [-0.2, 0) is 10.9 Å². The van der Waals surface area contributed by atoms with Crippen molar-refractivity contribution in [3.05, 3.63) is 41.6 Å². The first-order chi connectivity index (χ1) is 19.7. The van der Waals surface area contributed by atoms with Crippen molar-refractivity contribution in [2.24, 2.45) is 0 Å². The maximum Gasteiger partial charge on any atom is 0.418 e. The number of H-pyrrole nitrogens is 1. The van der Waals surface area contributed by atoms with Gasteiger partial charge in [0, 0.05) is 49.2 Å². The second-order valence-corrected chi connectivity index (χ2v) is 10.6. The van der Waals surface area contributed by atoms with Crippen molar-refractivity contribution in [1.29, 1.82) is 0 Å². The van der Waals surface area contributed by atoms with E-state index in [1.165, 1.54) is 7.11 Å². The molecule has 9 nitrogen and oxygen atoms in total. The molecule has 4 heterocycles. The Morgan fingerprint density at radius 3 is 2.68 bits per heavy atom. The van der Waals surface area contributed by atoms with Gasteiger partial charge >= 0.3 is 6.18 Å². The topological polar surface area (TPSA) is 94.8 Å². The summed E-state index contributed by atoms with van der Waals surface area (Å²) in [6.45, 7) is 7.49. The smallest absolute Gasteiger partial charge is 0.418 e. The number of piperidine rings is 1. The number of rotatable bonds is 8. The number of aromatic amines is 1. The molecule has 2 aliphatic rings. The van der Waals surface area contributed by atoms with Crippen LogP contribution in [0.4, 0.5) is 30.4 Å². The molecule has 0 saturated carbocycles. The number of likely N-dealkylation sites (tertiary alicyclic amines) is 1. The number of halogens is 3. The highest BCUT2D eigenvalue weighted by Crippen LogP contribution is 2.40. The number of ether oxygens (including phenoxy) is 2. The quantitative estimate of drug-likeness (QED) is 0.312. The molecule has 41 heavy (non-hydrogen) atoms. The van der Waals surface area contributed by atoms with Gasteiger partial charge in [-0.3, -0.25) is 9.69 Å². The third-order valence-corrected chi connectivity index (χ3v) is 7.87. The van der Waals surface area contributed by atoms with Crippen LogP contribution in [0, 0.1) is 0 Å². The van der Waals surface area contributed by atoms with Gasteiger partial charge in [0.1, 0.15) is 17.2 Å². The van der Waals surface area contributed by atoms with E-state index < -0.39 is 11.7 Å². The molecule has 1 amide bonds. The largest absolute Gasteiger partial charge is 0.495 e. The minimum atomic E-state index is -4.53. The maximum absolute atomic E-state index is 13.7. The summed E-state index contributed by atoms with van der Waals surface area (Å²) in [5.74, 6) is 0.702. The summed E-state index contributed by atoms with van der Waals surface area (Å²) in [5.41, 5.74) is 0.708. The van der Waals surface area contributed by atoms with Crippen LogP contribution in [-0.4, -0.2) is 77.8 Å². The summed E-state index contributed by atoms with van der Waals surface area (Å²) in [6.07, 6.45) is 0.145. The minimum absolute atomic E-state index is 0.00684. The molecule has 0 bridgehead atoms. The molecule has 222 valence electrons. The van der Waals surface area contributed by atoms with Crippen molar-refractivity contribution >= 4 is 34.1 Å². The second kappa shape index (κ2) is 12.2. The van der Waals surface area contributed by atoms with E-state index in [0.717, 1.165) is 45.0 Å². The number of morpholine rings is 1. The standard InChI is InChI=1S/C29H37F3N6O3/c1-4-18(2)34-22-16-24(36-27-26(22)20(17-33-27)29(30,31)32)35-21-9-8-19(15-23(21)40-3)28(39)38-10-6-5-7-25(38)37-11-13-41-14-12-37/h8-9,15-18,25H,4-7,10-14H2,1-3H3,(H3,33,34,35,36)/t18?,25-/m0/s1. The lowest BCUT2D eigenvalue weighted by atomic mass is 10.0. The van der Waals surface area contributed by atoms with E-state index in [2.05, 4.69) is 25.5 Å². The molecule has 3 N–H and O–H groups in total. The molecular formula is C29H37F3N6O3. The van der Waals surface area contributed by atoms with Crippen LogP contribution in [0.2, 0.25) is 0 Å². The SMILES string of the molecule is CCC(C)Nc1cc(Nc2ccc(C(=O)N3CCCC[C@H]3N3CCOCC3)cc2OC)nc2[nH]cc(C(F)(F)F)c12. The number of pyridine rings is 1. The molecule has 1 aromatic carbocycles. The van der Waals surface area contributed by atoms with Crippen molar-refractivity contribution in [3.63, 3.8) is 0 Å². The zero-order valence-electron chi connectivity index (χ0n) is 23.6. The summed E-state index contributed by atoms with van der Waals surface area (Å²) >= 11 is 0. The van der Waals surface area contributed by atoms with Crippen molar-refractivity contribution in [1.82, 2.24) is 19.8 Å². The van der Waals surface area contributed by atoms with Gasteiger partial charge < -0.3 is 30.0 Å². The molecular weight excluding hydrogens is 537 g/mol. The van der Waals surface area contributed by atoms with E-state index in [-0.39, 0.29) is 29.1 Å². The fraction of sp³-hybridized carbons (Fsp3) is 0.517. The molecule has 0 radical (unpaired) electrons. The van der Waals surface area contributed by atoms with Gasteiger partial charge in [0.25, 0.3) is 5.91 Å². The summed E-state index contributed by atoms with van der Waals surface area (Å²) in [7, 11) is 1.51. The number of anilines is 3. The number of carbonyl (C=O) groups excluding carboxylic acids is 1. The van der Waals surface area contributed by atoms with Crippen LogP contribution in [0.1, 0.15) is 55.5 Å². The van der Waals surface area contributed by atoms with E-state index in [4.69, 9.17) is 9.47 Å². The highest BCUT2D eigenvalue weighted by Gasteiger charge is 2.36. The predicted molar refractivity (Wildman–Crippen MR) is 152 cm³/mol. The first-order valence-electron chi connectivity index (χ1n) is 14.1. The zero-order chi connectivity index (χ0) is 29.1. The fourth-order valence-corrected chi connectivity index (χ4v) is 5.54. The normalized spacial score (nSPS) is 19.3. The van der Waals surface area contributed by atoms with Gasteiger partial charge in [-0.25, -0.2) is 4.98 Å². The summed E-state index contributed by atoms with van der Waals surface area (Å²) in [4.78, 5) is 25.0. The van der Waals surface area contributed by atoms with Gasteiger partial charge in [-0.05, 0) is 50.8 Å². The number of fused-ring (bicyclic) bond motifs is 1. The first-order valence-corrected chi connectivity index (χ1v) is 14.1. The Balaban J connectivity index is 1.42. The van der Waals surface area contributed by atoms with Gasteiger partial charge in [0.15, 0.2) is 0 Å². The third-order valence-electron chi connectivity index (χ3n) is 7.87. The van der Waals surface area contributed by atoms with Crippen LogP contribution in [0.3, 0.4) is 0 Å². The molecule has 2 saturated heterocycles. The van der Waals surface area contributed by atoms with Crippen molar-refractivity contribution in [2.75, 3.05) is 50.6 Å². The van der Waals surface area contributed by atoms with Crippen LogP contribution in [0.25, 0.3) is 11.0 Å². The number of amides is 1. The average molecular weight is 575 g/mol. The Morgan fingerprint density at radius 2 is 1.98 bits per heavy atom. The highest BCUT2D eigenvalue weighted by atomic mass is 19.4. The van der Waals surface area contributed by atoms with Gasteiger partial charge in [0.2, 0.25) is 0 Å². The number of aromatic nitrogens is 2. The Morgan fingerprint density at radius 1 is 1.20 bits per heavy atom. The number of alkyl halides is 3. The maximum atomic E-state index is 13.7. The number of nitrogens with one attached hydrogen (secondary N) is 3. The van der Waals surface area contributed by atoms with Crippen molar-refractivity contribution in [3.8, 4) is 5.75 Å². The van der Waals surface area contributed by atoms with E-state index in [0.29, 0.717) is 48.3 Å². The lowest BCUT2D eigenvalue weighted by Gasteiger charge is -2.44. The van der Waals surface area contributed by atoms with Gasteiger partial charge in [-0.15, -0.1) is 0 Å².